The molecular formula is C15H20F2N2O2. The van der Waals surface area contributed by atoms with E-state index in [2.05, 4.69) is 10.6 Å². The minimum Gasteiger partial charge on any atom is -0.384 e. The fourth-order valence-electron chi connectivity index (χ4n) is 2.68. The Bertz CT molecular complexity index is 516. The zero-order valence-electron chi connectivity index (χ0n) is 12.2. The van der Waals surface area contributed by atoms with Gasteiger partial charge in [-0.2, -0.15) is 0 Å². The predicted octanol–water partition coefficient (Wildman–Crippen LogP) is 1.77. The molecule has 1 aliphatic heterocycles. The molecule has 116 valence electrons. The van der Waals surface area contributed by atoms with Crippen LogP contribution in [0.4, 0.5) is 8.78 Å². The maximum atomic E-state index is 13.7. The topological polar surface area (TPSA) is 50.4 Å². The summed E-state index contributed by atoms with van der Waals surface area (Å²) in [5, 5.41) is 5.95. The van der Waals surface area contributed by atoms with Crippen LogP contribution in [0.3, 0.4) is 0 Å². The molecule has 1 aliphatic rings. The Morgan fingerprint density at radius 3 is 2.86 bits per heavy atom. The third-order valence-electron chi connectivity index (χ3n) is 3.92. The van der Waals surface area contributed by atoms with Crippen molar-refractivity contribution in [2.24, 2.45) is 5.41 Å². The normalized spacial score (nSPS) is 23.0. The Balaban J connectivity index is 2.10. The van der Waals surface area contributed by atoms with E-state index in [4.69, 9.17) is 4.74 Å². The van der Waals surface area contributed by atoms with Gasteiger partial charge in [-0.1, -0.05) is 6.07 Å². The molecule has 0 spiro atoms. The Labute approximate surface area is 122 Å². The van der Waals surface area contributed by atoms with Crippen LogP contribution in [0.2, 0.25) is 0 Å². The van der Waals surface area contributed by atoms with Crippen molar-refractivity contribution in [2.75, 3.05) is 26.8 Å². The van der Waals surface area contributed by atoms with Crippen LogP contribution in [-0.4, -0.2) is 32.7 Å². The molecule has 0 saturated carbocycles. The summed E-state index contributed by atoms with van der Waals surface area (Å²) in [6.07, 6.45) is 0.672. The lowest BCUT2D eigenvalue weighted by atomic mass is 9.86. The van der Waals surface area contributed by atoms with Crippen LogP contribution in [0.5, 0.6) is 0 Å². The summed E-state index contributed by atoms with van der Waals surface area (Å²) in [5.41, 5.74) is -0.359. The predicted molar refractivity (Wildman–Crippen MR) is 74.7 cm³/mol. The van der Waals surface area contributed by atoms with Gasteiger partial charge < -0.3 is 15.4 Å². The molecule has 1 aromatic rings. The van der Waals surface area contributed by atoms with Crippen LogP contribution in [0, 0.1) is 17.0 Å². The first-order valence-electron chi connectivity index (χ1n) is 6.94. The maximum absolute atomic E-state index is 13.7. The van der Waals surface area contributed by atoms with Crippen LogP contribution < -0.4 is 10.6 Å². The van der Waals surface area contributed by atoms with Gasteiger partial charge in [-0.05, 0) is 26.0 Å². The average molecular weight is 298 g/mol. The SMILES string of the molecule is COCC1(C(=O)NC(C)c2ccc(F)cc2F)CCNC1. The van der Waals surface area contributed by atoms with Crippen molar-refractivity contribution in [1.29, 1.82) is 0 Å². The van der Waals surface area contributed by atoms with Gasteiger partial charge in [0.25, 0.3) is 0 Å². The van der Waals surface area contributed by atoms with Gasteiger partial charge in [0.2, 0.25) is 5.91 Å². The highest BCUT2D eigenvalue weighted by atomic mass is 19.1. The van der Waals surface area contributed by atoms with E-state index in [-0.39, 0.29) is 11.5 Å². The van der Waals surface area contributed by atoms with Gasteiger partial charge in [-0.25, -0.2) is 8.78 Å². The molecule has 4 nitrogen and oxygen atoms in total. The lowest BCUT2D eigenvalue weighted by molar-refractivity contribution is -0.133. The Morgan fingerprint density at radius 1 is 1.52 bits per heavy atom. The van der Waals surface area contributed by atoms with Crippen molar-refractivity contribution in [3.63, 3.8) is 0 Å². The second-order valence-corrected chi connectivity index (χ2v) is 5.50. The van der Waals surface area contributed by atoms with Gasteiger partial charge in [0.1, 0.15) is 11.6 Å². The Kier molecular flexibility index (Phi) is 4.90. The third kappa shape index (κ3) is 3.39. The number of hydrogen-bond donors (Lipinski definition) is 2. The van der Waals surface area contributed by atoms with E-state index >= 15 is 0 Å². The molecule has 1 fully saturated rings. The number of methoxy groups -OCH3 is 1. The molecule has 1 amide bonds. The van der Waals surface area contributed by atoms with Crippen molar-refractivity contribution in [3.8, 4) is 0 Å². The van der Waals surface area contributed by atoms with Gasteiger partial charge in [0.05, 0.1) is 18.1 Å². The number of halogens is 2. The highest BCUT2D eigenvalue weighted by molar-refractivity contribution is 5.83. The molecule has 0 bridgehead atoms. The van der Waals surface area contributed by atoms with Crippen LogP contribution in [0.25, 0.3) is 0 Å². The van der Waals surface area contributed by atoms with Crippen LogP contribution in [0.15, 0.2) is 18.2 Å². The number of carbonyl (C=O) groups excluding carboxylic acids is 1. The Hall–Kier alpha value is -1.53. The molecule has 2 N–H and O–H groups in total. The van der Waals surface area contributed by atoms with Crippen molar-refractivity contribution >= 4 is 5.91 Å². The van der Waals surface area contributed by atoms with Crippen molar-refractivity contribution in [1.82, 2.24) is 10.6 Å². The summed E-state index contributed by atoms with van der Waals surface area (Å²) >= 11 is 0. The number of amides is 1. The van der Waals surface area contributed by atoms with E-state index in [1.54, 1.807) is 14.0 Å². The monoisotopic (exact) mass is 298 g/mol. The fraction of sp³-hybridized carbons (Fsp3) is 0.533. The molecular weight excluding hydrogens is 278 g/mol. The van der Waals surface area contributed by atoms with Crippen molar-refractivity contribution in [3.05, 3.63) is 35.4 Å². The van der Waals surface area contributed by atoms with Gasteiger partial charge in [0.15, 0.2) is 0 Å². The molecule has 0 radical (unpaired) electrons. The summed E-state index contributed by atoms with van der Waals surface area (Å²) in [4.78, 5) is 12.5. The second kappa shape index (κ2) is 6.49. The Morgan fingerprint density at radius 2 is 2.29 bits per heavy atom. The van der Waals surface area contributed by atoms with Crippen molar-refractivity contribution in [2.45, 2.75) is 19.4 Å². The molecule has 1 aromatic carbocycles. The summed E-state index contributed by atoms with van der Waals surface area (Å²) in [7, 11) is 1.55. The zero-order chi connectivity index (χ0) is 15.5. The lowest BCUT2D eigenvalue weighted by Gasteiger charge is -2.28. The second-order valence-electron chi connectivity index (χ2n) is 5.50. The first-order chi connectivity index (χ1) is 9.98. The van der Waals surface area contributed by atoms with Crippen molar-refractivity contribution < 1.29 is 18.3 Å². The molecule has 1 heterocycles. The standard InChI is InChI=1S/C15H20F2N2O2/c1-10(12-4-3-11(16)7-13(12)17)19-14(20)15(9-21-2)5-6-18-8-15/h3-4,7,10,18H,5-6,8-9H2,1-2H3,(H,19,20). The van der Waals surface area contributed by atoms with Gasteiger partial charge in [0, 0.05) is 25.3 Å². The molecule has 6 heteroatoms. The summed E-state index contributed by atoms with van der Waals surface area (Å²) in [6, 6.07) is 2.82. The molecule has 21 heavy (non-hydrogen) atoms. The average Bonchev–Trinajstić information content (AvgIpc) is 2.88. The van der Waals surface area contributed by atoms with Crippen LogP contribution in [0.1, 0.15) is 24.9 Å². The maximum Gasteiger partial charge on any atom is 0.230 e. The van der Waals surface area contributed by atoms with Gasteiger partial charge in [-0.15, -0.1) is 0 Å². The van der Waals surface area contributed by atoms with E-state index in [1.807, 2.05) is 0 Å². The van der Waals surface area contributed by atoms with Crippen LogP contribution >= 0.6 is 0 Å². The van der Waals surface area contributed by atoms with E-state index in [0.29, 0.717) is 19.6 Å². The van der Waals surface area contributed by atoms with E-state index in [0.717, 1.165) is 12.6 Å². The third-order valence-corrected chi connectivity index (χ3v) is 3.92. The number of ether oxygens (including phenoxy) is 1. The molecule has 1 saturated heterocycles. The minimum atomic E-state index is -0.659. The van der Waals surface area contributed by atoms with E-state index in [1.165, 1.54) is 12.1 Å². The number of rotatable bonds is 5. The summed E-state index contributed by atoms with van der Waals surface area (Å²) < 4.78 is 31.8. The number of nitrogens with one attached hydrogen (secondary N) is 2. The highest BCUT2D eigenvalue weighted by Gasteiger charge is 2.41. The molecule has 2 unspecified atom stereocenters. The molecule has 2 rings (SSSR count). The largest absolute Gasteiger partial charge is 0.384 e. The summed E-state index contributed by atoms with van der Waals surface area (Å²) in [5.74, 6) is -1.47. The zero-order valence-corrected chi connectivity index (χ0v) is 12.2. The van der Waals surface area contributed by atoms with Gasteiger partial charge >= 0.3 is 0 Å². The number of hydrogen-bond acceptors (Lipinski definition) is 3. The quantitative estimate of drug-likeness (QED) is 0.871. The highest BCUT2D eigenvalue weighted by Crippen LogP contribution is 2.28. The summed E-state index contributed by atoms with van der Waals surface area (Å²) in [6.45, 7) is 3.27. The number of carbonyl (C=O) groups is 1. The molecule has 0 aliphatic carbocycles. The van der Waals surface area contributed by atoms with E-state index in [9.17, 15) is 13.6 Å². The lowest BCUT2D eigenvalue weighted by Crippen LogP contribution is -2.46. The number of benzene rings is 1. The van der Waals surface area contributed by atoms with E-state index < -0.39 is 23.1 Å². The fourth-order valence-corrected chi connectivity index (χ4v) is 2.68. The molecule has 0 aromatic heterocycles. The first-order valence-corrected chi connectivity index (χ1v) is 6.94. The smallest absolute Gasteiger partial charge is 0.230 e. The van der Waals surface area contributed by atoms with Crippen LogP contribution in [-0.2, 0) is 9.53 Å². The minimum absolute atomic E-state index is 0.175. The first kappa shape index (κ1) is 15.9. The van der Waals surface area contributed by atoms with Gasteiger partial charge in [-0.3, -0.25) is 4.79 Å². The molecule has 2 atom stereocenters.